The van der Waals surface area contributed by atoms with E-state index in [0.717, 1.165) is 52.2 Å². The molecule has 0 heterocycles. The standard InChI is InChI=1S/C25H35FN2.C9H16O.C9H20.C2H6/c1-10-14(5)15(6)22(16(7)18(9)27)25(28)23-21(13-4)20(12-3)19(11-2)17(8)24(23)26;1-4-9(5-6-9)7-10-8(2)3;1-5-7-9(3,4)8-6-2;1-2/h10-11,28H,2,12-13,27H2,1,3-9H3;2,4-7H2,1,3H3;5-8H2,1-4H3;1-2H3/b14-10-,18-16+,22-15-,28-25?;;;. The first-order chi connectivity index (χ1) is 22.9. The predicted molar refractivity (Wildman–Crippen MR) is 219 cm³/mol. The Hall–Kier alpha value is -2.88. The number of allylic oxidation sites excluding steroid dienone is 7. The second-order valence-electron chi connectivity index (χ2n) is 14.3. The first-order valence-corrected chi connectivity index (χ1v) is 19.0. The third kappa shape index (κ3) is 14.9. The van der Waals surface area contributed by atoms with E-state index in [4.69, 9.17) is 15.9 Å². The van der Waals surface area contributed by atoms with Crippen molar-refractivity contribution in [2.24, 2.45) is 16.6 Å². The molecule has 0 unspecified atom stereocenters. The third-order valence-electron chi connectivity index (χ3n) is 9.91. The van der Waals surface area contributed by atoms with E-state index in [1.165, 1.54) is 44.9 Å². The maximum absolute atomic E-state index is 15.6. The zero-order chi connectivity index (χ0) is 38.7. The van der Waals surface area contributed by atoms with Crippen LogP contribution in [0.1, 0.15) is 177 Å². The Bertz CT molecular complexity index is 1310. The van der Waals surface area contributed by atoms with E-state index < -0.39 is 0 Å². The Kier molecular flexibility index (Phi) is 23.1. The van der Waals surface area contributed by atoms with Gasteiger partial charge in [-0.1, -0.05) is 106 Å². The summed E-state index contributed by atoms with van der Waals surface area (Å²) < 4.78 is 20.9. The van der Waals surface area contributed by atoms with E-state index in [9.17, 15) is 0 Å². The summed E-state index contributed by atoms with van der Waals surface area (Å²) in [6.07, 6.45) is 14.5. The highest BCUT2D eigenvalue weighted by Crippen LogP contribution is 2.48. The Morgan fingerprint density at radius 3 is 1.76 bits per heavy atom. The van der Waals surface area contributed by atoms with Crippen LogP contribution in [0.4, 0.5) is 4.39 Å². The lowest BCUT2D eigenvalue weighted by atomic mass is 9.82. The van der Waals surface area contributed by atoms with Gasteiger partial charge in [-0.15, -0.1) is 0 Å². The Balaban J connectivity index is 0. The summed E-state index contributed by atoms with van der Waals surface area (Å²) >= 11 is 0. The van der Waals surface area contributed by atoms with Crippen LogP contribution in [0.2, 0.25) is 0 Å². The van der Waals surface area contributed by atoms with Gasteiger partial charge in [-0.3, -0.25) is 5.41 Å². The Morgan fingerprint density at radius 2 is 1.43 bits per heavy atom. The van der Waals surface area contributed by atoms with Crippen molar-refractivity contribution in [2.75, 3.05) is 6.61 Å². The van der Waals surface area contributed by atoms with Crippen molar-refractivity contribution in [1.29, 1.82) is 5.41 Å². The SMILES string of the molecule is C=C(C)OCC1(CC)CC1.C=Cc1c(C)c(F)c(C(=N)C(=C(C)\C(C)=C/C)/C(C)=C(\C)N)c(CC)c1CC.CC.CCCC(C)(C)CCC. The van der Waals surface area contributed by atoms with Crippen molar-refractivity contribution in [3.63, 3.8) is 0 Å². The van der Waals surface area contributed by atoms with Gasteiger partial charge in [0.25, 0.3) is 0 Å². The fourth-order valence-corrected chi connectivity index (χ4v) is 6.23. The molecule has 2 rings (SSSR count). The van der Waals surface area contributed by atoms with Gasteiger partial charge < -0.3 is 10.5 Å². The van der Waals surface area contributed by atoms with Crippen LogP contribution in [0.15, 0.2) is 53.0 Å². The Labute approximate surface area is 304 Å². The van der Waals surface area contributed by atoms with Gasteiger partial charge in [-0.2, -0.15) is 0 Å². The Morgan fingerprint density at radius 1 is 0.939 bits per heavy atom. The molecule has 1 aromatic rings. The molecule has 1 fully saturated rings. The number of nitrogens with one attached hydrogen (secondary N) is 1. The molecule has 0 bridgehead atoms. The number of halogens is 1. The highest BCUT2D eigenvalue weighted by atomic mass is 19.1. The van der Waals surface area contributed by atoms with Gasteiger partial charge in [-0.05, 0) is 132 Å². The van der Waals surface area contributed by atoms with Crippen LogP contribution in [0, 0.1) is 29.0 Å². The normalized spacial score (nSPS) is 14.3. The van der Waals surface area contributed by atoms with Crippen LogP contribution in [0.5, 0.6) is 0 Å². The minimum atomic E-state index is -0.333. The van der Waals surface area contributed by atoms with Gasteiger partial charge >= 0.3 is 0 Å². The van der Waals surface area contributed by atoms with E-state index in [0.29, 0.717) is 39.6 Å². The van der Waals surface area contributed by atoms with Crippen molar-refractivity contribution in [1.82, 2.24) is 0 Å². The van der Waals surface area contributed by atoms with Crippen molar-refractivity contribution in [3.8, 4) is 0 Å². The molecule has 49 heavy (non-hydrogen) atoms. The van der Waals surface area contributed by atoms with Gasteiger partial charge in [-0.25, -0.2) is 4.39 Å². The van der Waals surface area contributed by atoms with E-state index >= 15 is 4.39 Å². The number of hydrogen-bond acceptors (Lipinski definition) is 3. The van der Waals surface area contributed by atoms with Crippen molar-refractivity contribution >= 4 is 11.8 Å². The molecule has 0 aliphatic heterocycles. The van der Waals surface area contributed by atoms with Gasteiger partial charge in [0.1, 0.15) is 5.82 Å². The third-order valence-corrected chi connectivity index (χ3v) is 9.91. The highest BCUT2D eigenvalue weighted by molar-refractivity contribution is 6.15. The molecular formula is C45H77FN2O. The molecular weight excluding hydrogens is 604 g/mol. The van der Waals surface area contributed by atoms with Crippen LogP contribution >= 0.6 is 0 Å². The second-order valence-corrected chi connectivity index (χ2v) is 14.3. The monoisotopic (exact) mass is 681 g/mol. The van der Waals surface area contributed by atoms with Crippen LogP contribution in [-0.4, -0.2) is 12.3 Å². The average molecular weight is 681 g/mol. The molecule has 280 valence electrons. The fraction of sp³-hybridized carbons (Fsp3) is 0.622. The average Bonchev–Trinajstić information content (AvgIpc) is 3.85. The number of hydrogen-bond donors (Lipinski definition) is 2. The van der Waals surface area contributed by atoms with E-state index in [1.807, 2.05) is 68.4 Å². The second kappa shape index (κ2) is 23.5. The molecule has 0 saturated heterocycles. The molecule has 1 aliphatic carbocycles. The number of benzene rings is 1. The zero-order valence-corrected chi connectivity index (χ0v) is 35.0. The predicted octanol–water partition coefficient (Wildman–Crippen LogP) is 14.2. The lowest BCUT2D eigenvalue weighted by Gasteiger charge is -2.23. The van der Waals surface area contributed by atoms with Gasteiger partial charge in [0.05, 0.1) is 18.1 Å². The quantitative estimate of drug-likeness (QED) is 0.110. The molecule has 1 aromatic carbocycles. The minimum absolute atomic E-state index is 0.198. The van der Waals surface area contributed by atoms with Gasteiger partial charge in [0.2, 0.25) is 0 Å². The number of nitrogens with two attached hydrogens (primary N) is 1. The van der Waals surface area contributed by atoms with Gasteiger partial charge in [0, 0.05) is 22.2 Å². The topological polar surface area (TPSA) is 59.1 Å². The summed E-state index contributed by atoms with van der Waals surface area (Å²) in [5.74, 6) is 0.514. The summed E-state index contributed by atoms with van der Waals surface area (Å²) in [4.78, 5) is 0. The van der Waals surface area contributed by atoms with E-state index in [-0.39, 0.29) is 11.5 Å². The van der Waals surface area contributed by atoms with Gasteiger partial charge in [0.15, 0.2) is 0 Å². The number of rotatable bonds is 15. The van der Waals surface area contributed by atoms with E-state index in [2.05, 4.69) is 54.7 Å². The highest BCUT2D eigenvalue weighted by Gasteiger charge is 2.41. The van der Waals surface area contributed by atoms with Crippen LogP contribution in [0.25, 0.3) is 6.08 Å². The largest absolute Gasteiger partial charge is 0.498 e. The maximum Gasteiger partial charge on any atom is 0.136 e. The minimum Gasteiger partial charge on any atom is -0.498 e. The number of ether oxygens (including phenoxy) is 1. The molecule has 0 aromatic heterocycles. The molecule has 0 atom stereocenters. The van der Waals surface area contributed by atoms with Crippen LogP contribution in [0.3, 0.4) is 0 Å². The summed E-state index contributed by atoms with van der Waals surface area (Å²) in [6.45, 7) is 41.4. The molecule has 1 saturated carbocycles. The fourth-order valence-electron chi connectivity index (χ4n) is 6.23. The first-order valence-electron chi connectivity index (χ1n) is 19.0. The van der Waals surface area contributed by atoms with Crippen LogP contribution < -0.4 is 5.73 Å². The zero-order valence-electron chi connectivity index (χ0n) is 35.0. The molecule has 4 heteroatoms. The van der Waals surface area contributed by atoms with Crippen molar-refractivity contribution in [3.05, 3.63) is 86.6 Å². The molecule has 1 aliphatic rings. The molecule has 3 nitrogen and oxygen atoms in total. The summed E-state index contributed by atoms with van der Waals surface area (Å²) in [5.41, 5.74) is 15.3. The van der Waals surface area contributed by atoms with Crippen LogP contribution in [-0.2, 0) is 17.6 Å². The van der Waals surface area contributed by atoms with Crippen molar-refractivity contribution in [2.45, 2.75) is 169 Å². The molecule has 0 amide bonds. The maximum atomic E-state index is 15.6. The smallest absolute Gasteiger partial charge is 0.136 e. The summed E-state index contributed by atoms with van der Waals surface area (Å²) in [6, 6.07) is 0. The molecule has 0 radical (unpaired) electrons. The summed E-state index contributed by atoms with van der Waals surface area (Å²) in [7, 11) is 0. The molecule has 3 N–H and O–H groups in total. The molecule has 0 spiro atoms. The first kappa shape index (κ1) is 48.2. The summed E-state index contributed by atoms with van der Waals surface area (Å²) in [5, 5.41) is 9.05. The van der Waals surface area contributed by atoms with Crippen molar-refractivity contribution < 1.29 is 9.13 Å². The lowest BCUT2D eigenvalue weighted by molar-refractivity contribution is 0.153. The lowest BCUT2D eigenvalue weighted by Crippen LogP contribution is -2.18. The van der Waals surface area contributed by atoms with E-state index in [1.54, 1.807) is 13.0 Å².